The third-order valence-electron chi connectivity index (χ3n) is 2.81. The van der Waals surface area contributed by atoms with E-state index in [1.807, 2.05) is 0 Å². The topological polar surface area (TPSA) is 49.3 Å². The largest absolute Gasteiger partial charge is 0.391 e. The lowest BCUT2D eigenvalue weighted by atomic mass is 10.2. The Balaban J connectivity index is 1.94. The second kappa shape index (κ2) is 5.25. The number of nitrogens with one attached hydrogen (secondary N) is 1. The van der Waals surface area contributed by atoms with Gasteiger partial charge in [-0.3, -0.25) is 4.79 Å². The molecular weight excluding hydrogens is 261 g/mol. The number of amides is 1. The summed E-state index contributed by atoms with van der Waals surface area (Å²) >= 11 is 11.6. The van der Waals surface area contributed by atoms with Crippen LogP contribution in [0.4, 0.5) is 0 Å². The van der Waals surface area contributed by atoms with Gasteiger partial charge in [-0.2, -0.15) is 0 Å². The Bertz CT molecular complexity index is 433. The summed E-state index contributed by atoms with van der Waals surface area (Å²) in [7, 11) is 0. The van der Waals surface area contributed by atoms with E-state index >= 15 is 0 Å². The van der Waals surface area contributed by atoms with Gasteiger partial charge in [0.1, 0.15) is 0 Å². The van der Waals surface area contributed by atoms with Gasteiger partial charge < -0.3 is 10.4 Å². The maximum atomic E-state index is 11.8. The van der Waals surface area contributed by atoms with Crippen molar-refractivity contribution in [3.05, 3.63) is 33.8 Å². The van der Waals surface area contributed by atoms with Crippen molar-refractivity contribution in [3.8, 4) is 0 Å². The Kier molecular flexibility index (Phi) is 3.92. The quantitative estimate of drug-likeness (QED) is 0.886. The molecule has 2 N–H and O–H groups in total. The number of hydrogen-bond acceptors (Lipinski definition) is 2. The van der Waals surface area contributed by atoms with Gasteiger partial charge in [0, 0.05) is 11.6 Å². The first-order valence-corrected chi connectivity index (χ1v) is 6.25. The third-order valence-corrected chi connectivity index (χ3v) is 3.36. The molecule has 0 spiro atoms. The number of aliphatic hydroxyl groups is 1. The predicted octanol–water partition coefficient (Wildman–Crippen LogP) is 2.49. The number of hydrogen-bond donors (Lipinski definition) is 2. The van der Waals surface area contributed by atoms with Crippen LogP contribution in [0, 0.1) is 5.92 Å². The Morgan fingerprint density at radius 3 is 2.76 bits per heavy atom. The molecule has 1 amide bonds. The van der Waals surface area contributed by atoms with Gasteiger partial charge in [0.15, 0.2) is 0 Å². The van der Waals surface area contributed by atoms with Crippen LogP contribution in [0.25, 0.3) is 0 Å². The standard InChI is InChI=1S/C12H13Cl2NO2/c13-8-3-4-9(10(14)5-8)12(17)15-6-11(16)7-1-2-7/h3-5,7,11,16H,1-2,6H2,(H,15,17). The minimum absolute atomic E-state index is 0.266. The van der Waals surface area contributed by atoms with E-state index < -0.39 is 6.10 Å². The van der Waals surface area contributed by atoms with Gasteiger partial charge in [0.25, 0.3) is 5.91 Å². The second-order valence-electron chi connectivity index (χ2n) is 4.24. The van der Waals surface area contributed by atoms with Crippen LogP contribution in [-0.4, -0.2) is 23.7 Å². The van der Waals surface area contributed by atoms with Crippen LogP contribution in [0.3, 0.4) is 0 Å². The number of carbonyl (C=O) groups excluding carboxylic acids is 1. The molecule has 0 saturated heterocycles. The summed E-state index contributed by atoms with van der Waals surface area (Å²) in [6.45, 7) is 0.266. The molecular formula is C12H13Cl2NO2. The number of benzene rings is 1. The minimum atomic E-state index is -0.454. The smallest absolute Gasteiger partial charge is 0.252 e. The van der Waals surface area contributed by atoms with E-state index in [4.69, 9.17) is 23.2 Å². The molecule has 92 valence electrons. The number of rotatable bonds is 4. The van der Waals surface area contributed by atoms with Crippen molar-refractivity contribution in [1.29, 1.82) is 0 Å². The van der Waals surface area contributed by atoms with Crippen molar-refractivity contribution in [2.75, 3.05) is 6.54 Å². The summed E-state index contributed by atoms with van der Waals surface area (Å²) in [6.07, 6.45) is 1.63. The van der Waals surface area contributed by atoms with Gasteiger partial charge in [-0.15, -0.1) is 0 Å². The zero-order valence-electron chi connectivity index (χ0n) is 9.12. The lowest BCUT2D eigenvalue weighted by molar-refractivity contribution is 0.0901. The molecule has 0 heterocycles. The van der Waals surface area contributed by atoms with Crippen LogP contribution >= 0.6 is 23.2 Å². The zero-order chi connectivity index (χ0) is 12.4. The summed E-state index contributed by atoms with van der Waals surface area (Å²) in [5.41, 5.74) is 0.374. The summed E-state index contributed by atoms with van der Waals surface area (Å²) in [5, 5.41) is 13.1. The first kappa shape index (κ1) is 12.7. The van der Waals surface area contributed by atoms with Gasteiger partial charge in [-0.05, 0) is 37.0 Å². The van der Waals surface area contributed by atoms with Crippen LogP contribution in [-0.2, 0) is 0 Å². The number of halogens is 2. The molecule has 0 aliphatic heterocycles. The van der Waals surface area contributed by atoms with Gasteiger partial charge in [0.2, 0.25) is 0 Å². The molecule has 2 rings (SSSR count). The molecule has 3 nitrogen and oxygen atoms in total. The van der Waals surface area contributed by atoms with Crippen LogP contribution in [0.5, 0.6) is 0 Å². The lowest BCUT2D eigenvalue weighted by Crippen LogP contribution is -2.33. The summed E-state index contributed by atoms with van der Waals surface area (Å²) in [4.78, 5) is 11.8. The molecule has 1 saturated carbocycles. The molecule has 17 heavy (non-hydrogen) atoms. The Hall–Kier alpha value is -0.770. The van der Waals surface area contributed by atoms with Crippen LogP contribution in [0.2, 0.25) is 10.0 Å². The summed E-state index contributed by atoms with van der Waals surface area (Å²) < 4.78 is 0. The van der Waals surface area contributed by atoms with E-state index in [1.165, 1.54) is 6.07 Å². The van der Waals surface area contributed by atoms with E-state index in [0.29, 0.717) is 21.5 Å². The SMILES string of the molecule is O=C(NCC(O)C1CC1)c1ccc(Cl)cc1Cl. The van der Waals surface area contributed by atoms with Crippen molar-refractivity contribution in [2.24, 2.45) is 5.92 Å². The highest BCUT2D eigenvalue weighted by Gasteiger charge is 2.29. The molecule has 1 aliphatic rings. The molecule has 1 aromatic carbocycles. The average Bonchev–Trinajstić information content (AvgIpc) is 3.09. The van der Waals surface area contributed by atoms with E-state index in [2.05, 4.69) is 5.32 Å². The maximum absolute atomic E-state index is 11.8. The highest BCUT2D eigenvalue weighted by Crippen LogP contribution is 2.32. The lowest BCUT2D eigenvalue weighted by Gasteiger charge is -2.11. The van der Waals surface area contributed by atoms with Crippen LogP contribution in [0.15, 0.2) is 18.2 Å². The zero-order valence-corrected chi connectivity index (χ0v) is 10.6. The molecule has 5 heteroatoms. The van der Waals surface area contributed by atoms with Gasteiger partial charge in [-0.1, -0.05) is 23.2 Å². The fraction of sp³-hybridized carbons (Fsp3) is 0.417. The highest BCUT2D eigenvalue weighted by atomic mass is 35.5. The number of aliphatic hydroxyl groups excluding tert-OH is 1. The Morgan fingerprint density at radius 2 is 2.18 bits per heavy atom. The summed E-state index contributed by atoms with van der Waals surface area (Å²) in [5.74, 6) is 0.0577. The Labute approximate surface area is 110 Å². The van der Waals surface area contributed by atoms with E-state index in [0.717, 1.165) is 12.8 Å². The van der Waals surface area contributed by atoms with Crippen molar-refractivity contribution in [2.45, 2.75) is 18.9 Å². The molecule has 1 fully saturated rings. The van der Waals surface area contributed by atoms with Gasteiger partial charge in [0.05, 0.1) is 16.7 Å². The fourth-order valence-corrected chi connectivity index (χ4v) is 2.11. The van der Waals surface area contributed by atoms with E-state index in [-0.39, 0.29) is 12.5 Å². The fourth-order valence-electron chi connectivity index (χ4n) is 1.61. The molecule has 0 bridgehead atoms. The summed E-state index contributed by atoms with van der Waals surface area (Å²) in [6, 6.07) is 4.71. The van der Waals surface area contributed by atoms with Crippen molar-refractivity contribution in [1.82, 2.24) is 5.32 Å². The normalized spacial score (nSPS) is 16.6. The van der Waals surface area contributed by atoms with Crippen molar-refractivity contribution in [3.63, 3.8) is 0 Å². The third kappa shape index (κ3) is 3.35. The van der Waals surface area contributed by atoms with Gasteiger partial charge >= 0.3 is 0 Å². The Morgan fingerprint density at radius 1 is 1.47 bits per heavy atom. The molecule has 1 atom stereocenters. The molecule has 1 aromatic rings. The maximum Gasteiger partial charge on any atom is 0.252 e. The van der Waals surface area contributed by atoms with Crippen molar-refractivity contribution >= 4 is 29.1 Å². The monoisotopic (exact) mass is 273 g/mol. The van der Waals surface area contributed by atoms with Gasteiger partial charge in [-0.25, -0.2) is 0 Å². The van der Waals surface area contributed by atoms with Crippen LogP contribution < -0.4 is 5.32 Å². The molecule has 0 aromatic heterocycles. The van der Waals surface area contributed by atoms with E-state index in [9.17, 15) is 9.90 Å². The number of carbonyl (C=O) groups is 1. The average molecular weight is 274 g/mol. The van der Waals surface area contributed by atoms with E-state index in [1.54, 1.807) is 12.1 Å². The minimum Gasteiger partial charge on any atom is -0.391 e. The molecule has 1 unspecified atom stereocenters. The first-order valence-electron chi connectivity index (χ1n) is 5.49. The van der Waals surface area contributed by atoms with Crippen LogP contribution in [0.1, 0.15) is 23.2 Å². The molecule has 0 radical (unpaired) electrons. The molecule has 1 aliphatic carbocycles. The predicted molar refractivity (Wildman–Crippen MR) is 67.5 cm³/mol. The first-order chi connectivity index (χ1) is 8.08. The van der Waals surface area contributed by atoms with Crippen molar-refractivity contribution < 1.29 is 9.90 Å². The second-order valence-corrected chi connectivity index (χ2v) is 5.08. The highest BCUT2D eigenvalue weighted by molar-refractivity contribution is 6.36.